The van der Waals surface area contributed by atoms with Crippen molar-refractivity contribution in [2.24, 2.45) is 16.5 Å². The summed E-state index contributed by atoms with van der Waals surface area (Å²) in [7, 11) is 0. The van der Waals surface area contributed by atoms with Crippen LogP contribution in [0.3, 0.4) is 0 Å². The number of halogens is 4. The van der Waals surface area contributed by atoms with Crippen LogP contribution in [0.1, 0.15) is 42.6 Å². The highest BCUT2D eigenvalue weighted by atomic mass is 35.5. The van der Waals surface area contributed by atoms with Gasteiger partial charge in [-0.3, -0.25) is 4.99 Å². The molecule has 0 saturated carbocycles. The minimum atomic E-state index is 0. The van der Waals surface area contributed by atoms with Crippen LogP contribution >= 0.6 is 48.8 Å². The molecular weight excluding hydrogens is 514 g/mol. The Labute approximate surface area is 224 Å². The number of benzene rings is 2. The number of nitrogens with two attached hydrogens (primary N) is 2. The van der Waals surface area contributed by atoms with Crippen LogP contribution in [-0.2, 0) is 0 Å². The number of nitrogens with one attached hydrogen (secondary N) is 1. The number of anilines is 1. The van der Waals surface area contributed by atoms with Gasteiger partial charge in [-0.15, -0.1) is 37.2 Å². The van der Waals surface area contributed by atoms with Crippen LogP contribution in [0.15, 0.2) is 47.5 Å². The highest BCUT2D eigenvalue weighted by Gasteiger charge is 2.07. The van der Waals surface area contributed by atoms with Crippen LogP contribution < -0.4 is 16.8 Å². The van der Waals surface area contributed by atoms with E-state index in [0.717, 1.165) is 59.5 Å². The molecular formula is C24H32Cl4N6. The molecule has 5 N–H and O–H groups in total. The lowest BCUT2D eigenvalue weighted by Gasteiger charge is -2.10. The van der Waals surface area contributed by atoms with Crippen LogP contribution in [-0.4, -0.2) is 29.0 Å². The van der Waals surface area contributed by atoms with E-state index in [0.29, 0.717) is 12.4 Å². The van der Waals surface area contributed by atoms with Gasteiger partial charge < -0.3 is 16.8 Å². The van der Waals surface area contributed by atoms with E-state index in [4.69, 9.17) is 33.0 Å². The van der Waals surface area contributed by atoms with Gasteiger partial charge in [-0.2, -0.15) is 0 Å². The van der Waals surface area contributed by atoms with Gasteiger partial charge in [0.2, 0.25) is 0 Å². The predicted molar refractivity (Wildman–Crippen MR) is 154 cm³/mol. The van der Waals surface area contributed by atoms with Crippen LogP contribution in [0, 0.1) is 6.92 Å². The minimum absolute atomic E-state index is 0. The zero-order valence-electron chi connectivity index (χ0n) is 19.0. The third kappa shape index (κ3) is 10.3. The summed E-state index contributed by atoms with van der Waals surface area (Å²) in [5.41, 5.74) is 13.8. The van der Waals surface area contributed by atoms with Crippen LogP contribution in [0.2, 0.25) is 5.02 Å². The molecule has 0 bridgehead atoms. The fourth-order valence-corrected chi connectivity index (χ4v) is 3.35. The number of aromatic nitrogens is 2. The lowest BCUT2D eigenvalue weighted by atomic mass is 10.1. The average molecular weight is 546 g/mol. The summed E-state index contributed by atoms with van der Waals surface area (Å²) in [6, 6.07) is 13.9. The Bertz CT molecular complexity index is 1070. The van der Waals surface area contributed by atoms with Crippen LogP contribution in [0.25, 0.3) is 23.1 Å². The van der Waals surface area contributed by atoms with Gasteiger partial charge >= 0.3 is 0 Å². The van der Waals surface area contributed by atoms with Crippen molar-refractivity contribution in [1.82, 2.24) is 9.97 Å². The fourth-order valence-electron chi connectivity index (χ4n) is 3.22. The zero-order chi connectivity index (χ0) is 22.1. The third-order valence-corrected chi connectivity index (χ3v) is 5.09. The van der Waals surface area contributed by atoms with E-state index < -0.39 is 0 Å². The van der Waals surface area contributed by atoms with Crippen molar-refractivity contribution in [3.63, 3.8) is 0 Å². The largest absolute Gasteiger partial charge is 0.370 e. The molecule has 6 nitrogen and oxygen atoms in total. The number of aryl methyl sites for hydroxylation is 1. The molecule has 0 aliphatic rings. The summed E-state index contributed by atoms with van der Waals surface area (Å²) < 4.78 is 0. The summed E-state index contributed by atoms with van der Waals surface area (Å²) in [6.07, 6.45) is 8.17. The number of fused-ring (bicyclic) bond motifs is 1. The molecule has 0 spiro atoms. The highest BCUT2D eigenvalue weighted by Crippen LogP contribution is 2.23. The van der Waals surface area contributed by atoms with Gasteiger partial charge in [0.25, 0.3) is 0 Å². The molecule has 2 aromatic carbocycles. The molecule has 0 radical (unpaired) electrons. The molecule has 3 rings (SSSR count). The maximum absolute atomic E-state index is 5.96. The second kappa shape index (κ2) is 16.4. The molecule has 0 fully saturated rings. The summed E-state index contributed by atoms with van der Waals surface area (Å²) >= 11 is 5.96. The number of hydrogen-bond acceptors (Lipinski definition) is 4. The Kier molecular flexibility index (Phi) is 15.3. The normalized spacial score (nSPS) is 10.2. The van der Waals surface area contributed by atoms with E-state index in [9.17, 15) is 0 Å². The maximum Gasteiger partial charge on any atom is 0.185 e. The van der Waals surface area contributed by atoms with E-state index >= 15 is 0 Å². The van der Waals surface area contributed by atoms with Crippen molar-refractivity contribution in [2.45, 2.75) is 32.6 Å². The first-order valence-corrected chi connectivity index (χ1v) is 10.9. The van der Waals surface area contributed by atoms with Crippen LogP contribution in [0.4, 0.5) is 5.82 Å². The molecule has 3 aromatic rings. The Balaban J connectivity index is 0.00000363. The van der Waals surface area contributed by atoms with E-state index in [1.165, 1.54) is 5.56 Å². The lowest BCUT2D eigenvalue weighted by Crippen LogP contribution is -2.22. The van der Waals surface area contributed by atoms with Gasteiger partial charge in [-0.25, -0.2) is 9.97 Å². The molecule has 34 heavy (non-hydrogen) atoms. The van der Waals surface area contributed by atoms with E-state index in [2.05, 4.69) is 29.4 Å². The fraction of sp³-hybridized carbons (Fsp3) is 0.292. The average Bonchev–Trinajstić information content (AvgIpc) is 2.75. The molecule has 186 valence electrons. The summed E-state index contributed by atoms with van der Waals surface area (Å²) in [4.78, 5) is 13.5. The van der Waals surface area contributed by atoms with Gasteiger partial charge in [-0.1, -0.05) is 54.3 Å². The zero-order valence-corrected chi connectivity index (χ0v) is 22.2. The SMILES string of the molecule is Cc1ccc2nc(/C=C/c3ccc(Cl)cc3)nc(NCCCCCCN=C(N)N)c2c1.Cl.Cl.Cl. The quantitative estimate of drug-likeness (QED) is 0.158. The van der Waals surface area contributed by atoms with Gasteiger partial charge in [0.05, 0.1) is 5.52 Å². The first kappa shape index (κ1) is 31.8. The molecule has 0 atom stereocenters. The summed E-state index contributed by atoms with van der Waals surface area (Å²) in [5.74, 6) is 1.70. The number of aliphatic imine (C=N–C) groups is 1. The standard InChI is InChI=1S/C24H29ClN6.3ClH/c1-17-6-12-21-20(16-17)23(28-14-4-2-3-5-15-29-24(26)27)31-22(30-21)13-9-18-7-10-19(25)11-8-18;;;/h6-13,16H,2-5,14-15H2,1H3,(H4,26,27,29)(H,28,30,31);3*1H/b13-9+;;;. The third-order valence-electron chi connectivity index (χ3n) is 4.84. The Morgan fingerprint density at radius 3 is 2.35 bits per heavy atom. The van der Waals surface area contributed by atoms with Crippen molar-refractivity contribution in [3.8, 4) is 0 Å². The second-order valence-corrected chi connectivity index (χ2v) is 7.92. The first-order valence-electron chi connectivity index (χ1n) is 10.5. The molecule has 1 aromatic heterocycles. The van der Waals surface area contributed by atoms with Crippen molar-refractivity contribution < 1.29 is 0 Å². The smallest absolute Gasteiger partial charge is 0.185 e. The number of guanidine groups is 1. The maximum atomic E-state index is 5.96. The molecule has 0 saturated heterocycles. The molecule has 0 amide bonds. The Morgan fingerprint density at radius 1 is 0.941 bits per heavy atom. The van der Waals surface area contributed by atoms with E-state index in [-0.39, 0.29) is 43.2 Å². The Morgan fingerprint density at radius 2 is 1.65 bits per heavy atom. The first-order chi connectivity index (χ1) is 15.0. The summed E-state index contributed by atoms with van der Waals surface area (Å²) in [5, 5.41) is 5.26. The van der Waals surface area contributed by atoms with Gasteiger partial charge in [0.1, 0.15) is 5.82 Å². The van der Waals surface area contributed by atoms with E-state index in [1.54, 1.807) is 0 Å². The number of rotatable bonds is 10. The predicted octanol–water partition coefficient (Wildman–Crippen LogP) is 6.27. The van der Waals surface area contributed by atoms with Gasteiger partial charge in [0, 0.05) is 23.5 Å². The molecule has 0 unspecified atom stereocenters. The summed E-state index contributed by atoms with van der Waals surface area (Å²) in [6.45, 7) is 3.62. The second-order valence-electron chi connectivity index (χ2n) is 7.48. The van der Waals surface area contributed by atoms with Crippen LogP contribution in [0.5, 0.6) is 0 Å². The number of nitrogens with zero attached hydrogens (tertiary/aromatic N) is 3. The van der Waals surface area contributed by atoms with Gasteiger partial charge in [-0.05, 0) is 55.7 Å². The van der Waals surface area contributed by atoms with E-state index in [1.807, 2.05) is 42.5 Å². The number of unbranched alkanes of at least 4 members (excludes halogenated alkanes) is 3. The lowest BCUT2D eigenvalue weighted by molar-refractivity contribution is 0.661. The monoisotopic (exact) mass is 544 g/mol. The molecule has 1 heterocycles. The van der Waals surface area contributed by atoms with Crippen molar-refractivity contribution >= 4 is 83.7 Å². The minimum Gasteiger partial charge on any atom is -0.370 e. The van der Waals surface area contributed by atoms with Gasteiger partial charge in [0.15, 0.2) is 11.8 Å². The molecule has 0 aliphatic carbocycles. The molecule has 10 heteroatoms. The Hall–Kier alpha value is -2.25. The van der Waals surface area contributed by atoms with Crippen molar-refractivity contribution in [1.29, 1.82) is 0 Å². The van der Waals surface area contributed by atoms with Crippen molar-refractivity contribution in [3.05, 3.63) is 64.4 Å². The highest BCUT2D eigenvalue weighted by molar-refractivity contribution is 6.30. The van der Waals surface area contributed by atoms with Crippen molar-refractivity contribution in [2.75, 3.05) is 18.4 Å². The molecule has 0 aliphatic heterocycles. The number of hydrogen-bond donors (Lipinski definition) is 3. The topological polar surface area (TPSA) is 102 Å².